The van der Waals surface area contributed by atoms with E-state index in [-0.39, 0.29) is 34.4 Å². The van der Waals surface area contributed by atoms with Crippen LogP contribution in [-0.2, 0) is 22.3 Å². The largest absolute Gasteiger partial charge is 0.433 e. The van der Waals surface area contributed by atoms with Crippen molar-refractivity contribution in [3.05, 3.63) is 58.4 Å². The molecule has 10 nitrogen and oxygen atoms in total. The monoisotopic (exact) mass is 491 g/mol. The second kappa shape index (κ2) is 8.61. The number of fused-ring (bicyclic) bond motifs is 3. The van der Waals surface area contributed by atoms with E-state index in [1.54, 1.807) is 0 Å². The Morgan fingerprint density at radius 1 is 1.20 bits per heavy atom. The lowest BCUT2D eigenvalue weighted by Gasteiger charge is -2.12. The van der Waals surface area contributed by atoms with Gasteiger partial charge in [-0.05, 0) is 30.7 Å². The number of nitrogens with one attached hydrogen (secondary N) is 2. The Kier molecular flexibility index (Phi) is 5.59. The summed E-state index contributed by atoms with van der Waals surface area (Å²) in [6, 6.07) is 5.43. The van der Waals surface area contributed by atoms with Crippen LogP contribution in [0.15, 0.2) is 41.3 Å². The molecular weight excluding hydrogens is 474 g/mol. The minimum atomic E-state index is -4.73. The summed E-state index contributed by atoms with van der Waals surface area (Å²) in [7, 11) is 0. The number of ether oxygens (including phenoxy) is 1. The summed E-state index contributed by atoms with van der Waals surface area (Å²) < 4.78 is 60.4. The first kappa shape index (κ1) is 22.7. The highest BCUT2D eigenvalue weighted by molar-refractivity contribution is 5.90. The van der Waals surface area contributed by atoms with E-state index in [4.69, 9.17) is 4.74 Å². The van der Waals surface area contributed by atoms with Gasteiger partial charge in [0.2, 0.25) is 5.91 Å². The molecule has 2 N–H and O–H groups in total. The number of pyridine rings is 2. The number of alkyl halides is 3. The molecule has 1 atom stereocenters. The van der Waals surface area contributed by atoms with Gasteiger partial charge >= 0.3 is 6.18 Å². The van der Waals surface area contributed by atoms with Gasteiger partial charge in [-0.15, -0.1) is 5.10 Å². The number of rotatable bonds is 5. The summed E-state index contributed by atoms with van der Waals surface area (Å²) in [6.07, 6.45) is -3.11. The first-order valence-electron chi connectivity index (χ1n) is 10.5. The Bertz CT molecular complexity index is 1480. The van der Waals surface area contributed by atoms with Crippen molar-refractivity contribution < 1.29 is 27.1 Å². The molecule has 4 aromatic rings. The molecule has 0 aliphatic carbocycles. The zero-order valence-electron chi connectivity index (χ0n) is 17.8. The van der Waals surface area contributed by atoms with Crippen LogP contribution in [0.1, 0.15) is 12.1 Å². The lowest BCUT2D eigenvalue weighted by Crippen LogP contribution is -2.30. The first-order valence-corrected chi connectivity index (χ1v) is 10.5. The number of carbonyl (C=O) groups excluding carboxylic acids is 1. The zero-order chi connectivity index (χ0) is 24.7. The predicted molar refractivity (Wildman–Crippen MR) is 115 cm³/mol. The van der Waals surface area contributed by atoms with Gasteiger partial charge < -0.3 is 15.4 Å². The molecule has 0 radical (unpaired) electrons. The van der Waals surface area contributed by atoms with Crippen LogP contribution in [0, 0.1) is 5.82 Å². The second-order valence-electron chi connectivity index (χ2n) is 7.87. The highest BCUT2D eigenvalue weighted by atomic mass is 19.4. The van der Waals surface area contributed by atoms with Crippen LogP contribution in [-0.4, -0.2) is 49.3 Å². The molecule has 35 heavy (non-hydrogen) atoms. The molecule has 14 heteroatoms. The van der Waals surface area contributed by atoms with Gasteiger partial charge in [0.1, 0.15) is 29.5 Å². The number of aromatic nitrogens is 5. The van der Waals surface area contributed by atoms with Crippen LogP contribution < -0.4 is 16.2 Å². The number of nitrogens with zero attached hydrogens (tertiary/aromatic N) is 5. The van der Waals surface area contributed by atoms with Crippen LogP contribution in [0.25, 0.3) is 16.7 Å². The molecule has 0 aromatic carbocycles. The van der Waals surface area contributed by atoms with Crippen molar-refractivity contribution in [3.8, 4) is 0 Å². The Labute approximate surface area is 193 Å². The van der Waals surface area contributed by atoms with Gasteiger partial charge in [0.05, 0.1) is 24.2 Å². The summed E-state index contributed by atoms with van der Waals surface area (Å²) >= 11 is 0. The fourth-order valence-corrected chi connectivity index (χ4v) is 3.76. The van der Waals surface area contributed by atoms with E-state index in [9.17, 15) is 27.2 Å². The molecule has 5 rings (SSSR count). The third-order valence-electron chi connectivity index (χ3n) is 5.39. The molecular formula is C21H17F4N7O3. The number of amides is 1. The van der Waals surface area contributed by atoms with Crippen molar-refractivity contribution >= 4 is 34.2 Å². The van der Waals surface area contributed by atoms with E-state index >= 15 is 0 Å². The van der Waals surface area contributed by atoms with Gasteiger partial charge in [0, 0.05) is 12.7 Å². The van der Waals surface area contributed by atoms with Crippen molar-refractivity contribution in [3.63, 3.8) is 0 Å². The third-order valence-corrected chi connectivity index (χ3v) is 5.39. The average Bonchev–Trinajstić information content (AvgIpc) is 3.47. The molecule has 1 amide bonds. The zero-order valence-corrected chi connectivity index (χ0v) is 17.8. The van der Waals surface area contributed by atoms with Gasteiger partial charge in [-0.1, -0.05) is 0 Å². The van der Waals surface area contributed by atoms with E-state index in [1.807, 2.05) is 0 Å². The van der Waals surface area contributed by atoms with E-state index in [2.05, 4.69) is 25.7 Å². The van der Waals surface area contributed by atoms with Crippen LogP contribution in [0.4, 0.5) is 29.2 Å². The van der Waals surface area contributed by atoms with E-state index in [1.165, 1.54) is 12.1 Å². The number of hydrogen-bond donors (Lipinski definition) is 2. The quantitative estimate of drug-likeness (QED) is 0.412. The summed E-state index contributed by atoms with van der Waals surface area (Å²) in [6.45, 7) is 0.466. The topological polar surface area (TPSA) is 115 Å². The minimum Gasteiger partial charge on any atom is -0.379 e. The van der Waals surface area contributed by atoms with Gasteiger partial charge in [-0.2, -0.15) is 17.7 Å². The predicted octanol–water partition coefficient (Wildman–Crippen LogP) is 2.44. The summed E-state index contributed by atoms with van der Waals surface area (Å²) in [5, 5.41) is 9.72. The molecule has 1 aliphatic heterocycles. The molecule has 1 aliphatic rings. The van der Waals surface area contributed by atoms with Gasteiger partial charge in [-0.25, -0.2) is 14.4 Å². The Hall–Kier alpha value is -4.07. The highest BCUT2D eigenvalue weighted by Crippen LogP contribution is 2.29. The van der Waals surface area contributed by atoms with Crippen LogP contribution >= 0.6 is 0 Å². The maximum atomic E-state index is 13.3. The normalized spacial score (nSPS) is 16.2. The lowest BCUT2D eigenvalue weighted by molar-refractivity contribution is -0.141. The molecule has 182 valence electrons. The fourth-order valence-electron chi connectivity index (χ4n) is 3.76. The van der Waals surface area contributed by atoms with Crippen molar-refractivity contribution in [2.45, 2.75) is 25.2 Å². The molecule has 0 bridgehead atoms. The van der Waals surface area contributed by atoms with Crippen molar-refractivity contribution in [2.75, 3.05) is 23.8 Å². The van der Waals surface area contributed by atoms with Crippen molar-refractivity contribution in [1.29, 1.82) is 0 Å². The molecule has 0 spiro atoms. The average molecular weight is 491 g/mol. The van der Waals surface area contributed by atoms with Gasteiger partial charge in [-0.3, -0.25) is 14.2 Å². The molecule has 0 saturated carbocycles. The van der Waals surface area contributed by atoms with Crippen LogP contribution in [0.5, 0.6) is 0 Å². The minimum absolute atomic E-state index is 0.0537. The van der Waals surface area contributed by atoms with Gasteiger partial charge in [0.25, 0.3) is 5.56 Å². The number of anilines is 2. The molecule has 1 saturated heterocycles. The lowest BCUT2D eigenvalue weighted by atomic mass is 10.2. The number of halogens is 4. The van der Waals surface area contributed by atoms with Crippen molar-refractivity contribution in [2.24, 2.45) is 0 Å². The van der Waals surface area contributed by atoms with E-state index < -0.39 is 35.7 Å². The standard InChI is InChI=1S/C21H17F4N7O3/c22-11-1-4-15(26-8-11)29-17(33)9-31-18-7-16(27-12-5-6-35-10-12)30-32(18)19-13(20(31)34)2-3-14(28-19)21(23,24)25/h1-4,7-8,12H,5-6,9-10H2,(H,27,30)(H,26,29,33). The summed E-state index contributed by atoms with van der Waals surface area (Å²) in [5.74, 6) is -0.906. The summed E-state index contributed by atoms with van der Waals surface area (Å²) in [4.78, 5) is 33.2. The maximum Gasteiger partial charge on any atom is 0.433 e. The SMILES string of the molecule is O=C(Cn1c(=O)c2ccc(C(F)(F)F)nc2n2nc(NC3CCOC3)cc12)Nc1ccc(F)cn1. The Morgan fingerprint density at radius 2 is 2.03 bits per heavy atom. The van der Waals surface area contributed by atoms with Crippen LogP contribution in [0.3, 0.4) is 0 Å². The third kappa shape index (κ3) is 4.51. The number of carbonyl (C=O) groups is 1. The highest BCUT2D eigenvalue weighted by Gasteiger charge is 2.33. The van der Waals surface area contributed by atoms with E-state index in [0.717, 1.165) is 27.4 Å². The molecule has 4 aromatic heterocycles. The fraction of sp³-hybridized carbons (Fsp3) is 0.286. The number of hydrogen-bond acceptors (Lipinski definition) is 7. The van der Waals surface area contributed by atoms with E-state index in [0.29, 0.717) is 25.7 Å². The summed E-state index contributed by atoms with van der Waals surface area (Å²) in [5.41, 5.74) is -2.16. The van der Waals surface area contributed by atoms with Gasteiger partial charge in [0.15, 0.2) is 11.5 Å². The Balaban J connectivity index is 1.60. The first-order chi connectivity index (χ1) is 16.7. The molecule has 1 unspecified atom stereocenters. The van der Waals surface area contributed by atoms with Crippen molar-refractivity contribution in [1.82, 2.24) is 24.1 Å². The smallest absolute Gasteiger partial charge is 0.379 e. The van der Waals surface area contributed by atoms with Crippen LogP contribution in [0.2, 0.25) is 0 Å². The maximum absolute atomic E-state index is 13.3. The molecule has 1 fully saturated rings. The Morgan fingerprint density at radius 3 is 2.71 bits per heavy atom. The molecule has 5 heterocycles. The second-order valence-corrected chi connectivity index (χ2v) is 7.87.